The van der Waals surface area contributed by atoms with Gasteiger partial charge in [0, 0.05) is 25.7 Å². The molecule has 0 radical (unpaired) electrons. The molecular weight excluding hydrogens is 228 g/mol. The van der Waals surface area contributed by atoms with Crippen LogP contribution in [0.25, 0.3) is 0 Å². The van der Waals surface area contributed by atoms with Crippen molar-refractivity contribution in [3.8, 4) is 5.75 Å². The Bertz CT molecular complexity index is 457. The molecule has 0 bridgehead atoms. The standard InChI is InChI=1S/C14H18N2O2/c1-16(10-8-15-9-10)14(17)12-6-7-18-13-5-3-2-4-11(12)13/h2-5,10,12,15H,6-9H2,1H3. The van der Waals surface area contributed by atoms with Gasteiger partial charge in [-0.05, 0) is 12.5 Å². The maximum Gasteiger partial charge on any atom is 0.230 e. The van der Waals surface area contributed by atoms with Crippen LogP contribution in [0.4, 0.5) is 0 Å². The Morgan fingerprint density at radius 1 is 1.39 bits per heavy atom. The van der Waals surface area contributed by atoms with Gasteiger partial charge in [-0.3, -0.25) is 4.79 Å². The molecule has 1 unspecified atom stereocenters. The average Bonchev–Trinajstić information content (AvgIpc) is 2.35. The van der Waals surface area contributed by atoms with Crippen molar-refractivity contribution in [2.45, 2.75) is 18.4 Å². The number of carbonyl (C=O) groups is 1. The van der Waals surface area contributed by atoms with Crippen LogP contribution in [0.5, 0.6) is 5.75 Å². The molecule has 2 aliphatic heterocycles. The minimum absolute atomic E-state index is 0.0412. The highest BCUT2D eigenvalue weighted by Crippen LogP contribution is 2.34. The van der Waals surface area contributed by atoms with Crippen LogP contribution in [-0.2, 0) is 4.79 Å². The number of likely N-dealkylation sites (N-methyl/N-ethyl adjacent to an activating group) is 1. The van der Waals surface area contributed by atoms with Crippen LogP contribution in [0.2, 0.25) is 0 Å². The van der Waals surface area contributed by atoms with Crippen molar-refractivity contribution in [3.05, 3.63) is 29.8 Å². The molecule has 18 heavy (non-hydrogen) atoms. The Labute approximate surface area is 107 Å². The van der Waals surface area contributed by atoms with Gasteiger partial charge >= 0.3 is 0 Å². The zero-order valence-electron chi connectivity index (χ0n) is 10.6. The fourth-order valence-corrected chi connectivity index (χ4v) is 2.57. The van der Waals surface area contributed by atoms with E-state index in [4.69, 9.17) is 4.74 Å². The lowest BCUT2D eigenvalue weighted by Crippen LogP contribution is -2.58. The van der Waals surface area contributed by atoms with Gasteiger partial charge in [0.1, 0.15) is 5.75 Å². The minimum atomic E-state index is -0.0412. The maximum absolute atomic E-state index is 12.5. The molecule has 1 atom stereocenters. The van der Waals surface area contributed by atoms with Crippen molar-refractivity contribution in [3.63, 3.8) is 0 Å². The molecule has 1 fully saturated rings. The monoisotopic (exact) mass is 246 g/mol. The largest absolute Gasteiger partial charge is 0.493 e. The Balaban J connectivity index is 1.82. The number of benzene rings is 1. The van der Waals surface area contributed by atoms with E-state index in [1.165, 1.54) is 0 Å². The second kappa shape index (κ2) is 4.61. The first kappa shape index (κ1) is 11.5. The van der Waals surface area contributed by atoms with Crippen LogP contribution in [0.3, 0.4) is 0 Å². The highest BCUT2D eigenvalue weighted by atomic mass is 16.5. The van der Waals surface area contributed by atoms with Gasteiger partial charge in [-0.2, -0.15) is 0 Å². The first-order valence-electron chi connectivity index (χ1n) is 6.46. The van der Waals surface area contributed by atoms with E-state index < -0.39 is 0 Å². The Morgan fingerprint density at radius 2 is 2.17 bits per heavy atom. The summed E-state index contributed by atoms with van der Waals surface area (Å²) in [5.41, 5.74) is 1.04. The highest BCUT2D eigenvalue weighted by molar-refractivity contribution is 5.85. The molecule has 1 amide bonds. The zero-order chi connectivity index (χ0) is 12.5. The summed E-state index contributed by atoms with van der Waals surface area (Å²) in [6, 6.07) is 8.22. The van der Waals surface area contributed by atoms with Gasteiger partial charge in [0.15, 0.2) is 0 Å². The van der Waals surface area contributed by atoms with Crippen LogP contribution >= 0.6 is 0 Å². The number of para-hydroxylation sites is 1. The first-order valence-corrected chi connectivity index (χ1v) is 6.46. The summed E-state index contributed by atoms with van der Waals surface area (Å²) >= 11 is 0. The fourth-order valence-electron chi connectivity index (χ4n) is 2.57. The Hall–Kier alpha value is -1.55. The van der Waals surface area contributed by atoms with Gasteiger partial charge in [0.25, 0.3) is 0 Å². The summed E-state index contributed by atoms with van der Waals surface area (Å²) in [5.74, 6) is 1.04. The molecule has 1 aromatic carbocycles. The number of rotatable bonds is 2. The topological polar surface area (TPSA) is 41.6 Å². The van der Waals surface area contributed by atoms with Gasteiger partial charge in [0.2, 0.25) is 5.91 Å². The zero-order valence-corrected chi connectivity index (χ0v) is 10.6. The number of hydrogen-bond acceptors (Lipinski definition) is 3. The van der Waals surface area contributed by atoms with Crippen molar-refractivity contribution < 1.29 is 9.53 Å². The van der Waals surface area contributed by atoms with Crippen LogP contribution in [0, 0.1) is 0 Å². The molecule has 0 aliphatic carbocycles. The highest BCUT2D eigenvalue weighted by Gasteiger charge is 2.33. The third-order valence-electron chi connectivity index (χ3n) is 3.91. The summed E-state index contributed by atoms with van der Waals surface area (Å²) in [7, 11) is 1.91. The molecule has 0 saturated carbocycles. The summed E-state index contributed by atoms with van der Waals surface area (Å²) in [6.45, 7) is 2.45. The lowest BCUT2D eigenvalue weighted by molar-refractivity contribution is -0.135. The molecule has 2 heterocycles. The average molecular weight is 246 g/mol. The summed E-state index contributed by atoms with van der Waals surface area (Å²) in [6.07, 6.45) is 0.778. The predicted octanol–water partition coefficient (Wildman–Crippen LogP) is 0.983. The first-order chi connectivity index (χ1) is 8.77. The molecule has 1 aromatic rings. The molecular formula is C14H18N2O2. The number of nitrogens with zero attached hydrogens (tertiary/aromatic N) is 1. The summed E-state index contributed by atoms with van der Waals surface area (Å²) in [5, 5.41) is 3.20. The molecule has 0 aromatic heterocycles. The van der Waals surface area contributed by atoms with Gasteiger partial charge in [-0.1, -0.05) is 18.2 Å². The van der Waals surface area contributed by atoms with Gasteiger partial charge in [-0.25, -0.2) is 0 Å². The SMILES string of the molecule is CN(C(=O)C1CCOc2ccccc21)C1CNC1. The lowest BCUT2D eigenvalue weighted by atomic mass is 9.91. The molecule has 4 nitrogen and oxygen atoms in total. The molecule has 0 spiro atoms. The van der Waals surface area contributed by atoms with E-state index in [-0.39, 0.29) is 11.8 Å². The Morgan fingerprint density at radius 3 is 2.89 bits per heavy atom. The normalized spacial score (nSPS) is 22.6. The summed E-state index contributed by atoms with van der Waals surface area (Å²) in [4.78, 5) is 14.4. The van der Waals surface area contributed by atoms with Gasteiger partial charge in [-0.15, -0.1) is 0 Å². The van der Waals surface area contributed by atoms with Crippen molar-refractivity contribution >= 4 is 5.91 Å². The van der Waals surface area contributed by atoms with Crippen LogP contribution in [0.1, 0.15) is 17.9 Å². The van der Waals surface area contributed by atoms with E-state index in [0.717, 1.165) is 30.8 Å². The van der Waals surface area contributed by atoms with Gasteiger partial charge < -0.3 is 15.0 Å². The number of nitrogens with one attached hydrogen (secondary N) is 1. The van der Waals surface area contributed by atoms with Gasteiger partial charge in [0.05, 0.1) is 18.6 Å². The van der Waals surface area contributed by atoms with Crippen LogP contribution in [0.15, 0.2) is 24.3 Å². The molecule has 1 N–H and O–H groups in total. The number of fused-ring (bicyclic) bond motifs is 1. The third-order valence-corrected chi connectivity index (χ3v) is 3.91. The number of hydrogen-bond donors (Lipinski definition) is 1. The quantitative estimate of drug-likeness (QED) is 0.846. The second-order valence-corrected chi connectivity index (χ2v) is 4.99. The number of ether oxygens (including phenoxy) is 1. The van der Waals surface area contributed by atoms with E-state index in [1.54, 1.807) is 0 Å². The predicted molar refractivity (Wildman–Crippen MR) is 68.7 cm³/mol. The van der Waals surface area contributed by atoms with Crippen molar-refractivity contribution in [1.29, 1.82) is 0 Å². The minimum Gasteiger partial charge on any atom is -0.493 e. The molecule has 2 aliphatic rings. The molecule has 4 heteroatoms. The molecule has 3 rings (SSSR count). The van der Waals surface area contributed by atoms with Crippen molar-refractivity contribution in [1.82, 2.24) is 10.2 Å². The van der Waals surface area contributed by atoms with E-state index in [9.17, 15) is 4.79 Å². The Kier molecular flexibility index (Phi) is 2.96. The molecule has 96 valence electrons. The van der Waals surface area contributed by atoms with E-state index in [0.29, 0.717) is 12.6 Å². The smallest absolute Gasteiger partial charge is 0.230 e. The summed E-state index contributed by atoms with van der Waals surface area (Å²) < 4.78 is 5.60. The lowest BCUT2D eigenvalue weighted by Gasteiger charge is -2.38. The van der Waals surface area contributed by atoms with Crippen molar-refractivity contribution in [2.24, 2.45) is 0 Å². The molecule has 1 saturated heterocycles. The van der Waals surface area contributed by atoms with Crippen LogP contribution < -0.4 is 10.1 Å². The fraction of sp³-hybridized carbons (Fsp3) is 0.500. The van der Waals surface area contributed by atoms with Crippen LogP contribution in [-0.4, -0.2) is 43.6 Å². The third kappa shape index (κ3) is 1.86. The van der Waals surface area contributed by atoms with E-state index >= 15 is 0 Å². The van der Waals surface area contributed by atoms with E-state index in [2.05, 4.69) is 5.32 Å². The number of amides is 1. The van der Waals surface area contributed by atoms with Crippen molar-refractivity contribution in [2.75, 3.05) is 26.7 Å². The maximum atomic E-state index is 12.5. The number of carbonyl (C=O) groups excluding carboxylic acids is 1. The second-order valence-electron chi connectivity index (χ2n) is 4.99. The van der Waals surface area contributed by atoms with E-state index in [1.807, 2.05) is 36.2 Å².